The Morgan fingerprint density at radius 3 is 2.30 bits per heavy atom. The predicted molar refractivity (Wildman–Crippen MR) is 99.1 cm³/mol. The molecule has 2 heterocycles. The Labute approximate surface area is 157 Å². The van der Waals surface area contributed by atoms with Crippen LogP contribution in [0.15, 0.2) is 28.9 Å². The van der Waals surface area contributed by atoms with E-state index in [2.05, 4.69) is 5.32 Å². The van der Waals surface area contributed by atoms with Gasteiger partial charge < -0.3 is 13.7 Å². The first-order valence-electron chi connectivity index (χ1n) is 9.04. The number of alkyl halides is 3. The summed E-state index contributed by atoms with van der Waals surface area (Å²) >= 11 is 0. The van der Waals surface area contributed by atoms with Crippen LogP contribution in [0.5, 0.6) is 0 Å². The molecule has 1 aliphatic heterocycles. The molecule has 1 aromatic heterocycles. The quantitative estimate of drug-likeness (QED) is 0.609. The van der Waals surface area contributed by atoms with Gasteiger partial charge in [-0.3, -0.25) is 5.32 Å². The molecule has 1 N–H and O–H groups in total. The Balaban J connectivity index is 1.81. The van der Waals surface area contributed by atoms with E-state index in [1.54, 1.807) is 13.2 Å². The van der Waals surface area contributed by atoms with Gasteiger partial charge in [0.25, 0.3) is 6.43 Å². The van der Waals surface area contributed by atoms with Gasteiger partial charge in [0.2, 0.25) is 6.30 Å². The van der Waals surface area contributed by atoms with Crippen LogP contribution in [-0.2, 0) is 15.7 Å². The molecular formula is C19H25BF3NO3. The zero-order valence-corrected chi connectivity index (χ0v) is 16.2. The molecule has 2 aromatic rings. The van der Waals surface area contributed by atoms with Gasteiger partial charge in [0.15, 0.2) is 0 Å². The zero-order valence-electron chi connectivity index (χ0n) is 16.2. The van der Waals surface area contributed by atoms with Crippen molar-refractivity contribution in [3.05, 3.63) is 30.0 Å². The van der Waals surface area contributed by atoms with E-state index in [9.17, 15) is 13.2 Å². The van der Waals surface area contributed by atoms with E-state index in [4.69, 9.17) is 13.7 Å². The van der Waals surface area contributed by atoms with Crippen LogP contribution in [-0.4, -0.2) is 37.1 Å². The van der Waals surface area contributed by atoms with Crippen molar-refractivity contribution in [1.29, 1.82) is 0 Å². The minimum atomic E-state index is -3.05. The van der Waals surface area contributed by atoms with Crippen LogP contribution in [0.2, 0.25) is 0 Å². The van der Waals surface area contributed by atoms with E-state index in [0.29, 0.717) is 12.0 Å². The second-order valence-corrected chi connectivity index (χ2v) is 8.11. The lowest BCUT2D eigenvalue weighted by molar-refractivity contribution is 0.00578. The Morgan fingerprint density at radius 2 is 1.70 bits per heavy atom. The second kappa shape index (κ2) is 7.15. The fraction of sp³-hybridized carbons (Fsp3) is 0.579. The van der Waals surface area contributed by atoms with Crippen LogP contribution in [0.1, 0.15) is 40.2 Å². The molecule has 8 heteroatoms. The average molecular weight is 383 g/mol. The van der Waals surface area contributed by atoms with E-state index in [-0.39, 0.29) is 0 Å². The van der Waals surface area contributed by atoms with Crippen molar-refractivity contribution in [2.75, 3.05) is 0 Å². The van der Waals surface area contributed by atoms with Crippen LogP contribution in [0.25, 0.3) is 11.0 Å². The molecule has 0 radical (unpaired) electrons. The average Bonchev–Trinajstić information content (AvgIpc) is 3.04. The highest BCUT2D eigenvalue weighted by molar-refractivity contribution is 6.62. The molecule has 0 saturated carbocycles. The fourth-order valence-corrected chi connectivity index (χ4v) is 3.12. The molecule has 1 saturated heterocycles. The van der Waals surface area contributed by atoms with Gasteiger partial charge in [-0.25, -0.2) is 13.2 Å². The maximum Gasteiger partial charge on any atom is 0.494 e. The molecule has 0 aliphatic carbocycles. The molecular weight excluding hydrogens is 358 g/mol. The summed E-state index contributed by atoms with van der Waals surface area (Å²) in [6, 6.07) is 5.15. The number of rotatable bonds is 6. The third-order valence-corrected chi connectivity index (χ3v) is 5.39. The smallest absolute Gasteiger partial charge is 0.464 e. The summed E-state index contributed by atoms with van der Waals surface area (Å²) in [7, 11) is -0.508. The maximum absolute atomic E-state index is 13.2. The molecule has 1 aromatic carbocycles. The Bertz CT molecular complexity index is 793. The van der Waals surface area contributed by atoms with Crippen LogP contribution >= 0.6 is 0 Å². The van der Waals surface area contributed by atoms with Gasteiger partial charge in [0, 0.05) is 11.4 Å². The minimum Gasteiger partial charge on any atom is -0.464 e. The lowest BCUT2D eigenvalue weighted by atomic mass is 9.78. The van der Waals surface area contributed by atoms with Crippen molar-refractivity contribution in [3.63, 3.8) is 0 Å². The Hall–Kier alpha value is -1.51. The Morgan fingerprint density at radius 1 is 1.07 bits per heavy atom. The van der Waals surface area contributed by atoms with Gasteiger partial charge in [0.05, 0.1) is 17.5 Å². The van der Waals surface area contributed by atoms with E-state index in [1.165, 1.54) is 0 Å². The molecule has 2 atom stereocenters. The summed E-state index contributed by atoms with van der Waals surface area (Å²) in [6.07, 6.45) is -3.47. The number of furan rings is 1. The first-order chi connectivity index (χ1) is 12.5. The highest BCUT2D eigenvalue weighted by Crippen LogP contribution is 2.36. The minimum absolute atomic E-state index is 0.354. The topological polar surface area (TPSA) is 43.6 Å². The summed E-state index contributed by atoms with van der Waals surface area (Å²) in [5.74, 6) is 0. The van der Waals surface area contributed by atoms with Gasteiger partial charge in [-0.1, -0.05) is 12.1 Å². The highest BCUT2D eigenvalue weighted by Gasteiger charge is 2.51. The number of nitrogens with one attached hydrogen (secondary N) is 1. The van der Waals surface area contributed by atoms with Gasteiger partial charge in [-0.15, -0.1) is 0 Å². The molecule has 0 spiro atoms. The standard InChI is InChI=1S/C19H25BF3NO3/c1-11(24-17(23)16(21)22)8-12-10-25-15-7-6-13(9-14(12)15)20-26-18(2,3)19(4,5)27-20/h6-7,9-11,16-17,24H,8H2,1-5H3. The van der Waals surface area contributed by atoms with Crippen molar-refractivity contribution in [2.24, 2.45) is 0 Å². The van der Waals surface area contributed by atoms with Crippen LogP contribution in [0.3, 0.4) is 0 Å². The largest absolute Gasteiger partial charge is 0.494 e. The van der Waals surface area contributed by atoms with Crippen LogP contribution in [0.4, 0.5) is 13.2 Å². The van der Waals surface area contributed by atoms with E-state index >= 15 is 0 Å². The summed E-state index contributed by atoms with van der Waals surface area (Å²) in [6.45, 7) is 9.60. The molecule has 4 nitrogen and oxygen atoms in total. The molecule has 0 amide bonds. The van der Waals surface area contributed by atoms with Crippen molar-refractivity contribution < 1.29 is 26.9 Å². The number of hydrogen-bond donors (Lipinski definition) is 1. The second-order valence-electron chi connectivity index (χ2n) is 8.11. The molecule has 0 bridgehead atoms. The Kier molecular flexibility index (Phi) is 5.36. The summed E-state index contributed by atoms with van der Waals surface area (Å²) in [5, 5.41) is 3.10. The third kappa shape index (κ3) is 4.02. The molecule has 1 fully saturated rings. The van der Waals surface area contributed by atoms with Crippen molar-refractivity contribution in [2.45, 2.75) is 71.0 Å². The number of halogens is 3. The molecule has 2 unspecified atom stereocenters. The molecule has 27 heavy (non-hydrogen) atoms. The van der Waals surface area contributed by atoms with Gasteiger partial charge in [0.1, 0.15) is 5.58 Å². The summed E-state index contributed by atoms with van der Waals surface area (Å²) in [4.78, 5) is 0. The predicted octanol–water partition coefficient (Wildman–Crippen LogP) is 3.81. The van der Waals surface area contributed by atoms with E-state index < -0.39 is 37.1 Å². The summed E-state index contributed by atoms with van der Waals surface area (Å²) in [5.41, 5.74) is 1.43. The van der Waals surface area contributed by atoms with Gasteiger partial charge in [-0.2, -0.15) is 0 Å². The molecule has 1 aliphatic rings. The van der Waals surface area contributed by atoms with Crippen LogP contribution in [0, 0.1) is 0 Å². The lowest BCUT2D eigenvalue weighted by Crippen LogP contribution is -2.41. The number of hydrogen-bond acceptors (Lipinski definition) is 4. The van der Waals surface area contributed by atoms with Gasteiger partial charge >= 0.3 is 7.12 Å². The first-order valence-corrected chi connectivity index (χ1v) is 9.04. The van der Waals surface area contributed by atoms with Crippen LogP contribution < -0.4 is 10.8 Å². The molecule has 3 rings (SSSR count). The zero-order chi connectivity index (χ0) is 20.0. The maximum atomic E-state index is 13.2. The SMILES string of the molecule is CC(Cc1coc2ccc(B3OC(C)(C)C(C)(C)O3)cc12)NC(F)C(F)F. The lowest BCUT2D eigenvalue weighted by Gasteiger charge is -2.32. The van der Waals surface area contributed by atoms with E-state index in [1.807, 2.05) is 45.9 Å². The first kappa shape index (κ1) is 20.2. The number of fused-ring (bicyclic) bond motifs is 1. The van der Waals surface area contributed by atoms with Gasteiger partial charge in [-0.05, 0) is 58.1 Å². The number of benzene rings is 1. The fourth-order valence-electron chi connectivity index (χ4n) is 3.12. The molecule has 148 valence electrons. The van der Waals surface area contributed by atoms with Crippen molar-refractivity contribution >= 4 is 23.6 Å². The van der Waals surface area contributed by atoms with Crippen molar-refractivity contribution in [3.8, 4) is 0 Å². The highest BCUT2D eigenvalue weighted by atomic mass is 19.3. The van der Waals surface area contributed by atoms with E-state index in [0.717, 1.165) is 16.4 Å². The monoisotopic (exact) mass is 383 g/mol. The normalized spacial score (nSPS) is 21.1. The third-order valence-electron chi connectivity index (χ3n) is 5.39. The van der Waals surface area contributed by atoms with Crippen molar-refractivity contribution in [1.82, 2.24) is 5.32 Å². The summed E-state index contributed by atoms with van der Waals surface area (Å²) < 4.78 is 55.7.